The standard InChI is InChI=1S/C6HF14P/c7-1(8,3(11,12)13)5(17,18)21-6(19,20)2(9,10)4(14,15)16/h21H. The minimum Gasteiger partial charge on any atom is -0.195 e. The van der Waals surface area contributed by atoms with Crippen molar-refractivity contribution in [2.45, 2.75) is 35.5 Å². The lowest BCUT2D eigenvalue weighted by atomic mass is 10.3. The highest BCUT2D eigenvalue weighted by molar-refractivity contribution is 7.41. The lowest BCUT2D eigenvalue weighted by Crippen LogP contribution is -2.55. The van der Waals surface area contributed by atoms with Crippen LogP contribution in [0.25, 0.3) is 0 Å². The molecule has 0 N–H and O–H groups in total. The van der Waals surface area contributed by atoms with Crippen LogP contribution in [0.3, 0.4) is 0 Å². The molecule has 0 heterocycles. The molecule has 0 aliphatic rings. The van der Waals surface area contributed by atoms with Crippen LogP contribution in [0, 0.1) is 0 Å². The van der Waals surface area contributed by atoms with Gasteiger partial charge in [-0.25, -0.2) is 0 Å². The second-order valence-electron chi connectivity index (χ2n) is 3.42. The van der Waals surface area contributed by atoms with E-state index in [4.69, 9.17) is 0 Å². The molecule has 0 radical (unpaired) electrons. The van der Waals surface area contributed by atoms with Gasteiger partial charge < -0.3 is 0 Å². The largest absolute Gasteiger partial charge is 0.460 e. The minimum atomic E-state index is -7.22. The summed E-state index contributed by atoms with van der Waals surface area (Å²) in [6.45, 7) is 0. The van der Waals surface area contributed by atoms with Crippen molar-refractivity contribution in [3.05, 3.63) is 0 Å². The van der Waals surface area contributed by atoms with E-state index in [-0.39, 0.29) is 0 Å². The second kappa shape index (κ2) is 4.98. The van der Waals surface area contributed by atoms with Crippen LogP contribution in [0.2, 0.25) is 0 Å². The molecule has 0 aromatic heterocycles. The van der Waals surface area contributed by atoms with Gasteiger partial charge in [0.2, 0.25) is 0 Å². The molecule has 0 bridgehead atoms. The summed E-state index contributed by atoms with van der Waals surface area (Å²) in [4.78, 5) is 0. The van der Waals surface area contributed by atoms with Gasteiger partial charge >= 0.3 is 35.5 Å². The molecule has 0 aromatic rings. The topological polar surface area (TPSA) is 0 Å². The Kier molecular flexibility index (Phi) is 4.85. The average molecular weight is 370 g/mol. The van der Waals surface area contributed by atoms with Crippen LogP contribution in [0.5, 0.6) is 0 Å². The Hall–Kier alpha value is -0.550. The van der Waals surface area contributed by atoms with Gasteiger partial charge in [0.25, 0.3) is 0 Å². The molecule has 15 heteroatoms. The van der Waals surface area contributed by atoms with Crippen molar-refractivity contribution in [2.24, 2.45) is 0 Å². The minimum absolute atomic E-state index is 4.67. The molecule has 0 nitrogen and oxygen atoms in total. The van der Waals surface area contributed by atoms with E-state index in [0.717, 1.165) is 0 Å². The summed E-state index contributed by atoms with van der Waals surface area (Å²) < 4.78 is 168. The summed E-state index contributed by atoms with van der Waals surface area (Å²) in [6, 6.07) is 0. The van der Waals surface area contributed by atoms with Crippen molar-refractivity contribution in [2.75, 3.05) is 0 Å². The van der Waals surface area contributed by atoms with Gasteiger partial charge in [-0.05, 0) is 0 Å². The molecule has 0 saturated heterocycles. The SMILES string of the molecule is FC(F)(F)C(F)(F)C(F)(F)PC(F)(F)C(F)(F)C(F)(F)F. The number of halogens is 14. The van der Waals surface area contributed by atoms with Crippen LogP contribution >= 0.6 is 8.58 Å². The first-order chi connectivity index (χ1) is 8.71. The zero-order chi connectivity index (χ0) is 17.7. The monoisotopic (exact) mass is 370 g/mol. The number of hydrogen-bond donors (Lipinski definition) is 0. The molecule has 0 atom stereocenters. The Bertz CT molecular complexity index is 338. The van der Waals surface area contributed by atoms with Gasteiger partial charge in [0.1, 0.15) is 0 Å². The zero-order valence-corrected chi connectivity index (χ0v) is 9.79. The molecular weight excluding hydrogens is 369 g/mol. The van der Waals surface area contributed by atoms with Crippen LogP contribution in [0.1, 0.15) is 0 Å². The molecule has 0 aliphatic heterocycles. The second-order valence-corrected chi connectivity index (χ2v) is 4.92. The summed E-state index contributed by atoms with van der Waals surface area (Å²) >= 11 is 0. The summed E-state index contributed by atoms with van der Waals surface area (Å²) in [5.41, 5.74) is -13.7. The van der Waals surface area contributed by atoms with E-state index in [9.17, 15) is 61.5 Å². The van der Waals surface area contributed by atoms with Crippen LogP contribution in [-0.2, 0) is 0 Å². The summed E-state index contributed by atoms with van der Waals surface area (Å²) in [5, 5.41) is 0. The van der Waals surface area contributed by atoms with Gasteiger partial charge in [-0.15, -0.1) is 0 Å². The quantitative estimate of drug-likeness (QED) is 0.469. The molecule has 0 amide bonds. The van der Waals surface area contributed by atoms with E-state index in [1.165, 1.54) is 0 Å². The van der Waals surface area contributed by atoms with Crippen molar-refractivity contribution in [1.82, 2.24) is 0 Å². The third-order valence-electron chi connectivity index (χ3n) is 1.81. The highest BCUT2D eigenvalue weighted by Gasteiger charge is 2.80. The highest BCUT2D eigenvalue weighted by atomic mass is 31.1. The van der Waals surface area contributed by atoms with E-state index in [0.29, 0.717) is 0 Å². The Morgan fingerprint density at radius 2 is 0.571 bits per heavy atom. The normalized spacial score (nSPS) is 16.3. The summed E-state index contributed by atoms with van der Waals surface area (Å²) in [6.07, 6.45) is -14.3. The lowest BCUT2D eigenvalue weighted by Gasteiger charge is -2.34. The van der Waals surface area contributed by atoms with E-state index in [1.807, 2.05) is 0 Å². The Morgan fingerprint density at radius 3 is 0.714 bits per heavy atom. The van der Waals surface area contributed by atoms with Crippen molar-refractivity contribution in [1.29, 1.82) is 0 Å². The average Bonchev–Trinajstić information content (AvgIpc) is 2.11. The maximum atomic E-state index is 12.5. The van der Waals surface area contributed by atoms with Crippen molar-refractivity contribution < 1.29 is 61.5 Å². The van der Waals surface area contributed by atoms with Crippen molar-refractivity contribution in [3.63, 3.8) is 0 Å². The lowest BCUT2D eigenvalue weighted by molar-refractivity contribution is -0.342. The molecule has 0 spiro atoms. The fraction of sp³-hybridized carbons (Fsp3) is 1.00. The van der Waals surface area contributed by atoms with Crippen molar-refractivity contribution >= 4 is 8.58 Å². The smallest absolute Gasteiger partial charge is 0.195 e. The zero-order valence-electron chi connectivity index (χ0n) is 8.79. The highest BCUT2D eigenvalue weighted by Crippen LogP contribution is 2.64. The predicted molar refractivity (Wildman–Crippen MR) is 40.2 cm³/mol. The molecular formula is C6HF14P. The maximum Gasteiger partial charge on any atom is 0.460 e. The van der Waals surface area contributed by atoms with Gasteiger partial charge in [0.05, 0.1) is 0 Å². The summed E-state index contributed by atoms with van der Waals surface area (Å²) in [7, 11) is -4.67. The fourth-order valence-corrected chi connectivity index (χ4v) is 1.70. The van der Waals surface area contributed by atoms with Crippen LogP contribution in [-0.4, -0.2) is 35.5 Å². The van der Waals surface area contributed by atoms with Gasteiger partial charge in [0, 0.05) is 8.58 Å². The summed E-state index contributed by atoms with van der Waals surface area (Å²) in [5.74, 6) is -14.4. The molecule has 0 fully saturated rings. The molecule has 0 aromatic carbocycles. The molecule has 128 valence electrons. The van der Waals surface area contributed by atoms with Gasteiger partial charge in [-0.2, -0.15) is 61.5 Å². The van der Waals surface area contributed by atoms with Gasteiger partial charge in [-0.3, -0.25) is 0 Å². The first-order valence-corrected chi connectivity index (χ1v) is 5.15. The van der Waals surface area contributed by atoms with E-state index in [2.05, 4.69) is 0 Å². The third-order valence-corrected chi connectivity index (χ3v) is 3.07. The Labute approximate surface area is 107 Å². The van der Waals surface area contributed by atoms with E-state index >= 15 is 0 Å². The van der Waals surface area contributed by atoms with E-state index in [1.54, 1.807) is 0 Å². The number of hydrogen-bond acceptors (Lipinski definition) is 0. The van der Waals surface area contributed by atoms with Gasteiger partial charge in [0.15, 0.2) is 0 Å². The first kappa shape index (κ1) is 20.5. The Balaban J connectivity index is 5.65. The molecule has 0 saturated carbocycles. The molecule has 0 unspecified atom stereocenters. The molecule has 0 aliphatic carbocycles. The molecule has 0 rings (SSSR count). The first-order valence-electron chi connectivity index (χ1n) is 4.15. The number of rotatable bonds is 4. The van der Waals surface area contributed by atoms with Crippen LogP contribution in [0.4, 0.5) is 61.5 Å². The van der Waals surface area contributed by atoms with Crippen molar-refractivity contribution in [3.8, 4) is 0 Å². The van der Waals surface area contributed by atoms with Crippen LogP contribution < -0.4 is 0 Å². The van der Waals surface area contributed by atoms with Crippen LogP contribution in [0.15, 0.2) is 0 Å². The Morgan fingerprint density at radius 1 is 0.381 bits per heavy atom. The fourth-order valence-electron chi connectivity index (χ4n) is 0.710. The van der Waals surface area contributed by atoms with E-state index < -0.39 is 44.1 Å². The predicted octanol–water partition coefficient (Wildman–Crippen LogP) is 5.25. The third kappa shape index (κ3) is 3.45. The number of alkyl halides is 14. The molecule has 21 heavy (non-hydrogen) atoms. The van der Waals surface area contributed by atoms with Gasteiger partial charge in [-0.1, -0.05) is 0 Å². The maximum absolute atomic E-state index is 12.5.